The average molecular weight is 475 g/mol. The molecule has 0 aliphatic rings. The lowest BCUT2D eigenvalue weighted by molar-refractivity contribution is -0.138. The first-order valence-corrected chi connectivity index (χ1v) is 10.2. The van der Waals surface area contributed by atoms with Crippen molar-refractivity contribution in [2.45, 2.75) is 86.6 Å². The summed E-state index contributed by atoms with van der Waals surface area (Å²) in [6.45, 7) is -2.07. The molecule has 0 heterocycles. The van der Waals surface area contributed by atoms with Gasteiger partial charge in [-0.2, -0.15) is 0 Å². The predicted octanol–water partition coefficient (Wildman–Crippen LogP) is -6.21. The van der Waals surface area contributed by atoms with Gasteiger partial charge in [0.1, 0.15) is 42.7 Å². The molecule has 0 bridgehead atoms. The summed E-state index contributed by atoms with van der Waals surface area (Å²) in [6.07, 6.45) is -13.7. The Morgan fingerprint density at radius 2 is 1.16 bits per heavy atom. The molecule has 0 amide bonds. The van der Waals surface area contributed by atoms with Crippen LogP contribution in [-0.4, -0.2) is 143 Å². The van der Waals surface area contributed by atoms with Crippen molar-refractivity contribution in [3.05, 3.63) is 0 Å². The highest BCUT2D eigenvalue weighted by molar-refractivity contribution is 5.72. The highest BCUT2D eigenvalue weighted by atomic mass is 16.4. The molecule has 0 rings (SSSR count). The van der Waals surface area contributed by atoms with Gasteiger partial charge in [0.25, 0.3) is 0 Å². The Morgan fingerprint density at radius 3 is 1.59 bits per heavy atom. The Kier molecular flexibility index (Phi) is 15.3. The molecule has 0 radical (unpaired) electrons. The number of carbonyl (C=O) groups is 1. The number of aliphatic hydroxyl groups is 10. The summed E-state index contributed by atoms with van der Waals surface area (Å²) in [5, 5.41) is 108. The fourth-order valence-corrected chi connectivity index (χ4v) is 2.98. The van der Waals surface area contributed by atoms with E-state index in [9.17, 15) is 45.6 Å². The molecule has 0 aromatic carbocycles. The monoisotopic (exact) mass is 474 g/mol. The maximum Gasteiger partial charge on any atom is 0.320 e. The summed E-state index contributed by atoms with van der Waals surface area (Å²) >= 11 is 0. The van der Waals surface area contributed by atoms with E-state index >= 15 is 0 Å². The molecule has 192 valence electrons. The van der Waals surface area contributed by atoms with Crippen molar-refractivity contribution in [1.29, 1.82) is 0 Å². The van der Waals surface area contributed by atoms with Crippen molar-refractivity contribution >= 4 is 5.97 Å². The topological polar surface area (TPSA) is 278 Å². The molecule has 14 heteroatoms. The predicted molar refractivity (Wildman–Crippen MR) is 108 cm³/mol. The first-order valence-electron chi connectivity index (χ1n) is 10.2. The minimum atomic E-state index is -1.85. The molecule has 0 aliphatic carbocycles. The smallest absolute Gasteiger partial charge is 0.320 e. The number of nitrogens with one attached hydrogen (secondary N) is 1. The Bertz CT molecular complexity index is 516. The number of hydrogen-bond acceptors (Lipinski definition) is 13. The lowest BCUT2D eigenvalue weighted by Crippen LogP contribution is -2.51. The average Bonchev–Trinajstić information content (AvgIpc) is 2.78. The van der Waals surface area contributed by atoms with Crippen LogP contribution in [-0.2, 0) is 4.79 Å². The summed E-state index contributed by atoms with van der Waals surface area (Å²) in [5.74, 6) is -1.21. The summed E-state index contributed by atoms with van der Waals surface area (Å²) in [5.41, 5.74) is 5.44. The van der Waals surface area contributed by atoms with E-state index in [0.29, 0.717) is 0 Å². The van der Waals surface area contributed by atoms with Gasteiger partial charge >= 0.3 is 5.97 Å². The second kappa shape index (κ2) is 15.8. The van der Waals surface area contributed by atoms with Crippen LogP contribution < -0.4 is 11.1 Å². The van der Waals surface area contributed by atoms with Crippen LogP contribution in [0.15, 0.2) is 0 Å². The summed E-state index contributed by atoms with van der Waals surface area (Å²) in [4.78, 5) is 10.8. The van der Waals surface area contributed by atoms with E-state index < -0.39 is 80.1 Å². The molecular formula is C18H38N2O12. The first kappa shape index (κ1) is 31.0. The van der Waals surface area contributed by atoms with E-state index in [4.69, 9.17) is 21.1 Å². The molecular weight excluding hydrogens is 436 g/mol. The number of aliphatic carboxylic acids is 1. The van der Waals surface area contributed by atoms with Crippen molar-refractivity contribution in [1.82, 2.24) is 5.32 Å². The molecule has 14 nitrogen and oxygen atoms in total. The molecule has 14 N–H and O–H groups in total. The van der Waals surface area contributed by atoms with Gasteiger partial charge in [-0.05, 0) is 25.7 Å². The van der Waals surface area contributed by atoms with Crippen LogP contribution in [0.25, 0.3) is 0 Å². The summed E-state index contributed by atoms with van der Waals surface area (Å²) in [7, 11) is 0. The third-order valence-corrected chi connectivity index (χ3v) is 5.18. The molecule has 0 saturated carbocycles. The third kappa shape index (κ3) is 10.7. The molecule has 0 fully saturated rings. The van der Waals surface area contributed by atoms with E-state index in [2.05, 4.69) is 5.32 Å². The summed E-state index contributed by atoms with van der Waals surface area (Å²) < 4.78 is 0. The van der Waals surface area contributed by atoms with Gasteiger partial charge in [-0.25, -0.2) is 0 Å². The standard InChI is InChI=1S/C18H38N2O12/c19-9(18(31)32)3-1-2-8(4-10(23)14(27)16(29)12(25)6-21)20-5-11(24)15(28)17(30)13(26)7-22/h8-17,20-30H,1-7,19H2,(H,31,32)/t8?,9-,10-,11-,12+,13+,14+,15+,16+,17+/m0/s1. The maximum atomic E-state index is 10.8. The van der Waals surface area contributed by atoms with Gasteiger partial charge in [0, 0.05) is 12.6 Å². The molecule has 1 unspecified atom stereocenters. The van der Waals surface area contributed by atoms with Gasteiger partial charge in [-0.1, -0.05) is 0 Å². The minimum Gasteiger partial charge on any atom is -0.480 e. The van der Waals surface area contributed by atoms with Crippen LogP contribution in [0.1, 0.15) is 25.7 Å². The van der Waals surface area contributed by atoms with Crippen LogP contribution in [0.4, 0.5) is 0 Å². The molecule has 0 spiro atoms. The van der Waals surface area contributed by atoms with Gasteiger partial charge < -0.3 is 67.2 Å². The van der Waals surface area contributed by atoms with Gasteiger partial charge in [-0.3, -0.25) is 4.79 Å². The molecule has 0 aromatic heterocycles. The van der Waals surface area contributed by atoms with Crippen LogP contribution in [0.2, 0.25) is 0 Å². The zero-order chi connectivity index (χ0) is 25.0. The lowest BCUT2D eigenvalue weighted by Gasteiger charge is -2.30. The Balaban J connectivity index is 5.04. The van der Waals surface area contributed by atoms with E-state index in [-0.39, 0.29) is 32.2 Å². The Morgan fingerprint density at radius 1 is 0.719 bits per heavy atom. The zero-order valence-electron chi connectivity index (χ0n) is 17.6. The molecule has 0 aliphatic heterocycles. The number of carboxylic acids is 1. The molecule has 10 atom stereocenters. The minimum absolute atomic E-state index is 0.0740. The van der Waals surface area contributed by atoms with Gasteiger partial charge in [-0.15, -0.1) is 0 Å². The van der Waals surface area contributed by atoms with Crippen LogP contribution in [0.3, 0.4) is 0 Å². The number of nitrogens with two attached hydrogens (primary N) is 1. The van der Waals surface area contributed by atoms with Crippen LogP contribution in [0, 0.1) is 0 Å². The van der Waals surface area contributed by atoms with Gasteiger partial charge in [0.15, 0.2) is 0 Å². The highest BCUT2D eigenvalue weighted by Gasteiger charge is 2.33. The number of carboxylic acid groups (broad SMARTS) is 1. The van der Waals surface area contributed by atoms with Crippen LogP contribution in [0.5, 0.6) is 0 Å². The third-order valence-electron chi connectivity index (χ3n) is 5.18. The zero-order valence-corrected chi connectivity index (χ0v) is 17.6. The number of hydrogen-bond donors (Lipinski definition) is 13. The fourth-order valence-electron chi connectivity index (χ4n) is 2.98. The van der Waals surface area contributed by atoms with Crippen molar-refractivity contribution in [3.63, 3.8) is 0 Å². The SMILES string of the molecule is N[C@@H](CCCC(C[C@H](O)[C@@H](O)[C@H](O)[C@H](O)CO)NC[C@H](O)[C@@H](O)[C@H](O)[C@H](O)CO)C(=O)O. The second-order valence-corrected chi connectivity index (χ2v) is 7.81. The molecule has 32 heavy (non-hydrogen) atoms. The van der Waals surface area contributed by atoms with Crippen molar-refractivity contribution < 1.29 is 61.0 Å². The first-order chi connectivity index (χ1) is 14.9. The summed E-state index contributed by atoms with van der Waals surface area (Å²) in [6, 6.07) is -1.84. The number of rotatable bonds is 18. The largest absolute Gasteiger partial charge is 0.480 e. The second-order valence-electron chi connectivity index (χ2n) is 7.81. The van der Waals surface area contributed by atoms with E-state index in [0.717, 1.165) is 0 Å². The van der Waals surface area contributed by atoms with E-state index in [1.807, 2.05) is 0 Å². The van der Waals surface area contributed by atoms with Crippen molar-refractivity contribution in [3.8, 4) is 0 Å². The van der Waals surface area contributed by atoms with E-state index in [1.54, 1.807) is 0 Å². The van der Waals surface area contributed by atoms with Gasteiger partial charge in [0.2, 0.25) is 0 Å². The Labute approximate surface area is 185 Å². The number of aliphatic hydroxyl groups excluding tert-OH is 10. The van der Waals surface area contributed by atoms with Crippen molar-refractivity contribution in [2.75, 3.05) is 19.8 Å². The van der Waals surface area contributed by atoms with Gasteiger partial charge in [0.05, 0.1) is 25.4 Å². The normalized spacial score (nSPS) is 21.6. The van der Waals surface area contributed by atoms with Crippen molar-refractivity contribution in [2.24, 2.45) is 5.73 Å². The Hall–Kier alpha value is -1.01. The lowest BCUT2D eigenvalue weighted by atomic mass is 9.94. The maximum absolute atomic E-state index is 10.8. The van der Waals surface area contributed by atoms with Crippen LogP contribution >= 0.6 is 0 Å². The molecule has 0 saturated heterocycles. The highest BCUT2D eigenvalue weighted by Crippen LogP contribution is 2.15. The van der Waals surface area contributed by atoms with E-state index in [1.165, 1.54) is 0 Å². The fraction of sp³-hybridized carbons (Fsp3) is 0.944. The molecule has 0 aromatic rings. The quantitative estimate of drug-likeness (QED) is 0.0880.